The zero-order valence-electron chi connectivity index (χ0n) is 9.47. The highest BCUT2D eigenvalue weighted by Crippen LogP contribution is 2.14. The summed E-state index contributed by atoms with van der Waals surface area (Å²) in [4.78, 5) is 29.7. The lowest BCUT2D eigenvalue weighted by molar-refractivity contribution is -0.133. The lowest BCUT2D eigenvalue weighted by atomic mass is 10.2. The number of aryl methyl sites for hydroxylation is 1. The zero-order chi connectivity index (χ0) is 12.8. The van der Waals surface area contributed by atoms with Crippen LogP contribution in [0.3, 0.4) is 0 Å². The maximum atomic E-state index is 11.4. The summed E-state index contributed by atoms with van der Waals surface area (Å²) in [7, 11) is 0. The number of hydrogen-bond acceptors (Lipinski definition) is 6. The molecule has 0 aliphatic heterocycles. The first-order valence-corrected chi connectivity index (χ1v) is 5.88. The molecular weight excluding hydrogens is 244 g/mol. The number of ether oxygens (including phenoxy) is 1. The van der Waals surface area contributed by atoms with E-state index in [2.05, 4.69) is 9.97 Å². The maximum absolute atomic E-state index is 11.4. The quantitative estimate of drug-likeness (QED) is 0.480. The number of carbonyl (C=O) groups is 2. The van der Waals surface area contributed by atoms with Crippen molar-refractivity contribution in [2.24, 2.45) is 0 Å². The molecule has 0 spiro atoms. The third-order valence-electron chi connectivity index (χ3n) is 1.78. The highest BCUT2D eigenvalue weighted by atomic mass is 32.2. The van der Waals surface area contributed by atoms with Gasteiger partial charge in [-0.25, -0.2) is 14.8 Å². The molecule has 1 aromatic heterocycles. The smallest absolute Gasteiger partial charge is 0.341 e. The predicted octanol–water partition coefficient (Wildman–Crippen LogP) is 1.14. The van der Waals surface area contributed by atoms with Crippen molar-refractivity contribution in [3.63, 3.8) is 0 Å². The van der Waals surface area contributed by atoms with Crippen molar-refractivity contribution in [1.29, 1.82) is 0 Å². The Balaban J connectivity index is 2.79. The Kier molecular flexibility index (Phi) is 4.89. The third kappa shape index (κ3) is 4.03. The fourth-order valence-electron chi connectivity index (χ4n) is 1.05. The number of aliphatic carboxylic acids is 1. The van der Waals surface area contributed by atoms with E-state index in [1.807, 2.05) is 0 Å². The van der Waals surface area contributed by atoms with Crippen molar-refractivity contribution in [2.45, 2.75) is 19.0 Å². The van der Waals surface area contributed by atoms with Gasteiger partial charge in [0.25, 0.3) is 0 Å². The maximum Gasteiger partial charge on any atom is 0.341 e. The minimum atomic E-state index is -0.939. The molecule has 0 atom stereocenters. The van der Waals surface area contributed by atoms with Gasteiger partial charge in [0.05, 0.1) is 23.6 Å². The molecule has 0 amide bonds. The summed E-state index contributed by atoms with van der Waals surface area (Å²) in [5.41, 5.74) is 0.776. The summed E-state index contributed by atoms with van der Waals surface area (Å²) in [5.74, 6) is -1.52. The van der Waals surface area contributed by atoms with E-state index in [-0.39, 0.29) is 12.4 Å². The van der Waals surface area contributed by atoms with Gasteiger partial charge in [-0.1, -0.05) is 11.8 Å². The molecule has 17 heavy (non-hydrogen) atoms. The van der Waals surface area contributed by atoms with Crippen LogP contribution in [0.15, 0.2) is 11.4 Å². The van der Waals surface area contributed by atoms with Crippen LogP contribution in [0.2, 0.25) is 0 Å². The van der Waals surface area contributed by atoms with E-state index >= 15 is 0 Å². The second-order valence-electron chi connectivity index (χ2n) is 3.05. The number of carboxylic acids is 1. The van der Waals surface area contributed by atoms with Gasteiger partial charge in [-0.05, 0) is 13.8 Å². The van der Waals surface area contributed by atoms with Gasteiger partial charge in [-0.3, -0.25) is 4.79 Å². The van der Waals surface area contributed by atoms with Crippen LogP contribution in [0.1, 0.15) is 23.0 Å². The van der Waals surface area contributed by atoms with Crippen LogP contribution < -0.4 is 0 Å². The van der Waals surface area contributed by atoms with Crippen LogP contribution in [0.4, 0.5) is 0 Å². The van der Waals surface area contributed by atoms with E-state index < -0.39 is 11.9 Å². The van der Waals surface area contributed by atoms with Gasteiger partial charge in [0, 0.05) is 6.20 Å². The van der Waals surface area contributed by atoms with Gasteiger partial charge in [0.2, 0.25) is 0 Å². The standard InChI is InChI=1S/C10H12N2O4S/c1-3-16-9(15)7-4-11-10(12-6(7)2)17-5-8(13)14/h4H,3,5H2,1-2H3,(H,13,14). The average Bonchev–Trinajstić information content (AvgIpc) is 2.26. The fraction of sp³-hybridized carbons (Fsp3) is 0.400. The molecule has 92 valence electrons. The van der Waals surface area contributed by atoms with E-state index in [1.165, 1.54) is 6.20 Å². The van der Waals surface area contributed by atoms with Gasteiger partial charge in [-0.15, -0.1) is 0 Å². The molecule has 0 saturated carbocycles. The van der Waals surface area contributed by atoms with Crippen LogP contribution >= 0.6 is 11.8 Å². The number of carbonyl (C=O) groups excluding carboxylic acids is 1. The molecule has 0 saturated heterocycles. The zero-order valence-corrected chi connectivity index (χ0v) is 10.3. The molecule has 1 rings (SSSR count). The minimum Gasteiger partial charge on any atom is -0.481 e. The average molecular weight is 256 g/mol. The monoisotopic (exact) mass is 256 g/mol. The Morgan fingerprint density at radius 1 is 1.53 bits per heavy atom. The molecule has 0 aliphatic rings. The Labute approximate surface area is 102 Å². The first-order chi connectivity index (χ1) is 8.04. The predicted molar refractivity (Wildman–Crippen MR) is 61.1 cm³/mol. The first-order valence-electron chi connectivity index (χ1n) is 4.90. The molecule has 0 fully saturated rings. The molecular formula is C10H12N2O4S. The van der Waals surface area contributed by atoms with Crippen molar-refractivity contribution in [3.8, 4) is 0 Å². The van der Waals surface area contributed by atoms with Crippen molar-refractivity contribution >= 4 is 23.7 Å². The fourth-order valence-corrected chi connectivity index (χ4v) is 1.63. The van der Waals surface area contributed by atoms with Crippen molar-refractivity contribution < 1.29 is 19.4 Å². The molecule has 0 radical (unpaired) electrons. The van der Waals surface area contributed by atoms with Gasteiger partial charge in [0.15, 0.2) is 5.16 Å². The van der Waals surface area contributed by atoms with E-state index in [4.69, 9.17) is 9.84 Å². The topological polar surface area (TPSA) is 89.4 Å². The molecule has 0 aliphatic carbocycles. The normalized spacial score (nSPS) is 10.0. The summed E-state index contributed by atoms with van der Waals surface area (Å²) in [6.45, 7) is 3.65. The largest absolute Gasteiger partial charge is 0.481 e. The highest BCUT2D eigenvalue weighted by Gasteiger charge is 2.13. The number of nitrogens with zero attached hydrogens (tertiary/aromatic N) is 2. The van der Waals surface area contributed by atoms with Gasteiger partial charge in [0.1, 0.15) is 0 Å². The summed E-state index contributed by atoms with van der Waals surface area (Å²) in [5, 5.41) is 8.84. The summed E-state index contributed by atoms with van der Waals surface area (Å²) >= 11 is 1.00. The lowest BCUT2D eigenvalue weighted by Gasteiger charge is -2.05. The van der Waals surface area contributed by atoms with Gasteiger partial charge < -0.3 is 9.84 Å². The van der Waals surface area contributed by atoms with Gasteiger partial charge >= 0.3 is 11.9 Å². The van der Waals surface area contributed by atoms with Crippen LogP contribution in [-0.2, 0) is 9.53 Å². The second kappa shape index (κ2) is 6.19. The van der Waals surface area contributed by atoms with Crippen LogP contribution in [0.5, 0.6) is 0 Å². The number of carboxylic acid groups (broad SMARTS) is 1. The summed E-state index contributed by atoms with van der Waals surface area (Å²) in [6, 6.07) is 0. The number of hydrogen-bond donors (Lipinski definition) is 1. The molecule has 6 nitrogen and oxygen atoms in total. The molecule has 1 heterocycles. The first kappa shape index (κ1) is 13.4. The lowest BCUT2D eigenvalue weighted by Crippen LogP contribution is -2.09. The van der Waals surface area contributed by atoms with Crippen molar-refractivity contribution in [3.05, 3.63) is 17.5 Å². The van der Waals surface area contributed by atoms with Crippen LogP contribution in [-0.4, -0.2) is 39.4 Å². The van der Waals surface area contributed by atoms with Crippen molar-refractivity contribution in [2.75, 3.05) is 12.4 Å². The molecule has 0 unspecified atom stereocenters. The van der Waals surface area contributed by atoms with Gasteiger partial charge in [-0.2, -0.15) is 0 Å². The number of aromatic nitrogens is 2. The summed E-state index contributed by atoms with van der Waals surface area (Å²) < 4.78 is 4.83. The Hall–Kier alpha value is -1.63. The Morgan fingerprint density at radius 3 is 2.76 bits per heavy atom. The molecule has 1 aromatic rings. The van der Waals surface area contributed by atoms with Crippen LogP contribution in [0.25, 0.3) is 0 Å². The minimum absolute atomic E-state index is 0.113. The Morgan fingerprint density at radius 2 is 2.24 bits per heavy atom. The van der Waals surface area contributed by atoms with Crippen LogP contribution in [0, 0.1) is 6.92 Å². The SMILES string of the molecule is CCOC(=O)c1cnc(SCC(=O)O)nc1C. The van der Waals surface area contributed by atoms with E-state index in [0.717, 1.165) is 11.8 Å². The molecule has 7 heteroatoms. The van der Waals surface area contributed by atoms with E-state index in [9.17, 15) is 9.59 Å². The number of esters is 1. The Bertz CT molecular complexity index is 436. The van der Waals surface area contributed by atoms with E-state index in [0.29, 0.717) is 16.4 Å². The van der Waals surface area contributed by atoms with E-state index in [1.54, 1.807) is 13.8 Å². The molecule has 1 N–H and O–H groups in total. The second-order valence-corrected chi connectivity index (χ2v) is 4.00. The number of thioether (sulfide) groups is 1. The third-order valence-corrected chi connectivity index (χ3v) is 2.62. The highest BCUT2D eigenvalue weighted by molar-refractivity contribution is 7.99. The van der Waals surface area contributed by atoms with Crippen molar-refractivity contribution in [1.82, 2.24) is 9.97 Å². The summed E-state index contributed by atoms with van der Waals surface area (Å²) in [6.07, 6.45) is 1.35. The number of rotatable bonds is 5. The molecule has 0 aromatic carbocycles. The molecule has 0 bridgehead atoms.